The number of carbonyl (C=O) groups is 1. The summed E-state index contributed by atoms with van der Waals surface area (Å²) in [7, 11) is 0. The van der Waals surface area contributed by atoms with Gasteiger partial charge in [0.1, 0.15) is 16.9 Å². The molecule has 0 bridgehead atoms. The van der Waals surface area contributed by atoms with Gasteiger partial charge >= 0.3 is 12.1 Å². The number of para-hydroxylation sites is 1. The van der Waals surface area contributed by atoms with E-state index in [1.807, 2.05) is 24.3 Å². The molecule has 1 saturated carbocycles. The predicted octanol–water partition coefficient (Wildman–Crippen LogP) is 2.63. The number of aliphatic carboxylic acids is 1. The summed E-state index contributed by atoms with van der Waals surface area (Å²) in [4.78, 5) is 31.5. The molecule has 11 heteroatoms. The van der Waals surface area contributed by atoms with Crippen LogP contribution in [0, 0.1) is 0 Å². The minimum absolute atomic E-state index is 0.191. The van der Waals surface area contributed by atoms with E-state index in [0.717, 1.165) is 30.8 Å². The fourth-order valence-electron chi connectivity index (χ4n) is 4.11. The van der Waals surface area contributed by atoms with Crippen molar-refractivity contribution in [3.05, 3.63) is 40.4 Å². The van der Waals surface area contributed by atoms with Gasteiger partial charge in [0.2, 0.25) is 5.58 Å². The van der Waals surface area contributed by atoms with Crippen LogP contribution in [-0.2, 0) is 11.3 Å². The third kappa shape index (κ3) is 4.15. The maximum Gasteiger partial charge on any atom is 0.490 e. The van der Waals surface area contributed by atoms with E-state index in [1.54, 1.807) is 0 Å². The van der Waals surface area contributed by atoms with Gasteiger partial charge in [0, 0.05) is 30.6 Å². The van der Waals surface area contributed by atoms with Crippen molar-refractivity contribution in [2.24, 2.45) is 0 Å². The number of H-pyrrole nitrogens is 1. The lowest BCUT2D eigenvalue weighted by molar-refractivity contribution is -0.192. The zero-order valence-electron chi connectivity index (χ0n) is 16.5. The Balaban J connectivity index is 0.000000289. The van der Waals surface area contributed by atoms with Crippen LogP contribution in [0.15, 0.2) is 33.5 Å². The zero-order chi connectivity index (χ0) is 22.2. The molecule has 0 atom stereocenters. The SMILES string of the molecule is O=C(O)C(F)(F)F.O=c1[nH]c(CN2CCNCC23CCC3)nc2c1oc1ccccc12. The summed E-state index contributed by atoms with van der Waals surface area (Å²) in [5.41, 5.74) is 1.76. The van der Waals surface area contributed by atoms with Gasteiger partial charge in [0.25, 0.3) is 5.56 Å². The molecule has 3 heterocycles. The van der Waals surface area contributed by atoms with Gasteiger partial charge in [0.05, 0.1) is 6.54 Å². The van der Waals surface area contributed by atoms with Crippen molar-refractivity contribution in [3.63, 3.8) is 0 Å². The number of nitrogens with one attached hydrogen (secondary N) is 2. The number of carboxylic acids is 1. The molecule has 1 aliphatic carbocycles. The number of alkyl halides is 3. The number of furan rings is 1. The number of rotatable bonds is 2. The van der Waals surface area contributed by atoms with Gasteiger partial charge in [0.15, 0.2) is 0 Å². The summed E-state index contributed by atoms with van der Waals surface area (Å²) in [5, 5.41) is 11.5. The molecule has 31 heavy (non-hydrogen) atoms. The molecule has 3 aromatic rings. The van der Waals surface area contributed by atoms with Gasteiger partial charge in [-0.2, -0.15) is 13.2 Å². The zero-order valence-corrected chi connectivity index (χ0v) is 16.5. The van der Waals surface area contributed by atoms with Gasteiger partial charge in [-0.1, -0.05) is 12.1 Å². The Labute approximate surface area is 174 Å². The van der Waals surface area contributed by atoms with E-state index in [2.05, 4.69) is 15.2 Å². The van der Waals surface area contributed by atoms with Gasteiger partial charge < -0.3 is 19.8 Å². The molecule has 2 fully saturated rings. The quantitative estimate of drug-likeness (QED) is 0.564. The highest BCUT2D eigenvalue weighted by Gasteiger charge is 2.44. The fraction of sp³-hybridized carbons (Fsp3) is 0.450. The largest absolute Gasteiger partial charge is 0.490 e. The summed E-state index contributed by atoms with van der Waals surface area (Å²) >= 11 is 0. The average molecular weight is 438 g/mol. The molecule has 166 valence electrons. The number of aromatic nitrogens is 2. The van der Waals surface area contributed by atoms with Crippen LogP contribution in [0.1, 0.15) is 25.1 Å². The summed E-state index contributed by atoms with van der Waals surface area (Å²) in [5.74, 6) is -2.03. The molecular formula is C20H21F3N4O4. The van der Waals surface area contributed by atoms with Crippen molar-refractivity contribution in [1.29, 1.82) is 0 Å². The monoisotopic (exact) mass is 438 g/mol. The van der Waals surface area contributed by atoms with Gasteiger partial charge in [-0.05, 0) is 31.4 Å². The Morgan fingerprint density at radius 1 is 1.29 bits per heavy atom. The van der Waals surface area contributed by atoms with Gasteiger partial charge in [-0.15, -0.1) is 0 Å². The number of halogens is 3. The molecule has 8 nitrogen and oxygen atoms in total. The number of piperazine rings is 1. The van der Waals surface area contributed by atoms with E-state index in [0.29, 0.717) is 23.2 Å². The molecule has 0 amide bonds. The van der Waals surface area contributed by atoms with E-state index < -0.39 is 12.1 Å². The maximum absolute atomic E-state index is 12.4. The normalized spacial score (nSPS) is 18.5. The van der Waals surface area contributed by atoms with E-state index >= 15 is 0 Å². The molecule has 1 aromatic carbocycles. The Morgan fingerprint density at radius 2 is 2.00 bits per heavy atom. The standard InChI is InChI=1S/C18H20N4O2.C2HF3O2/c23-17-16-15(12-4-1-2-5-13(12)24-16)20-14(21-17)10-22-9-8-19-11-18(22)6-3-7-18;3-2(4,5)1(6)7/h1-2,4-5,19H,3,6-11H2,(H,20,21,23);(H,6,7). The van der Waals surface area contributed by atoms with E-state index in [4.69, 9.17) is 19.3 Å². The van der Waals surface area contributed by atoms with Crippen molar-refractivity contribution in [1.82, 2.24) is 20.2 Å². The minimum atomic E-state index is -5.08. The van der Waals surface area contributed by atoms with Crippen LogP contribution in [0.2, 0.25) is 0 Å². The average Bonchev–Trinajstić information content (AvgIpc) is 3.06. The van der Waals surface area contributed by atoms with E-state index in [1.165, 1.54) is 19.3 Å². The molecule has 1 saturated heterocycles. The molecule has 2 aliphatic rings. The van der Waals surface area contributed by atoms with Crippen molar-refractivity contribution in [2.45, 2.75) is 37.5 Å². The number of carboxylic acid groups (broad SMARTS) is 1. The lowest BCUT2D eigenvalue weighted by Gasteiger charge is -2.53. The van der Waals surface area contributed by atoms with Gasteiger partial charge in [-0.3, -0.25) is 9.69 Å². The van der Waals surface area contributed by atoms with E-state index in [-0.39, 0.29) is 11.1 Å². The first kappa shape index (κ1) is 21.3. The molecule has 5 rings (SSSR count). The van der Waals surface area contributed by atoms with Crippen molar-refractivity contribution >= 4 is 28.0 Å². The second kappa shape index (κ2) is 7.97. The van der Waals surface area contributed by atoms with Crippen molar-refractivity contribution < 1.29 is 27.5 Å². The highest BCUT2D eigenvalue weighted by molar-refractivity contribution is 6.01. The summed E-state index contributed by atoms with van der Waals surface area (Å²) in [6.45, 7) is 3.71. The summed E-state index contributed by atoms with van der Waals surface area (Å²) in [6.07, 6.45) is -1.35. The van der Waals surface area contributed by atoms with Gasteiger partial charge in [-0.25, -0.2) is 9.78 Å². The number of aromatic amines is 1. The molecule has 0 unspecified atom stereocenters. The third-order valence-corrected chi connectivity index (χ3v) is 5.83. The topological polar surface area (TPSA) is 111 Å². The van der Waals surface area contributed by atoms with Crippen LogP contribution in [-0.4, -0.2) is 57.3 Å². The lowest BCUT2D eigenvalue weighted by Crippen LogP contribution is -2.64. The van der Waals surface area contributed by atoms with Crippen LogP contribution in [0.3, 0.4) is 0 Å². The number of hydrogen-bond donors (Lipinski definition) is 3. The smallest absolute Gasteiger partial charge is 0.475 e. The maximum atomic E-state index is 12.4. The Hall–Kier alpha value is -2.92. The highest BCUT2D eigenvalue weighted by atomic mass is 19.4. The highest BCUT2D eigenvalue weighted by Crippen LogP contribution is 2.39. The third-order valence-electron chi connectivity index (χ3n) is 5.83. The first-order valence-corrected chi connectivity index (χ1v) is 9.86. The van der Waals surface area contributed by atoms with E-state index in [9.17, 15) is 18.0 Å². The van der Waals surface area contributed by atoms with Crippen LogP contribution in [0.5, 0.6) is 0 Å². The molecule has 1 spiro atoms. The number of nitrogens with zero attached hydrogens (tertiary/aromatic N) is 2. The number of benzene rings is 1. The molecule has 1 aliphatic heterocycles. The Morgan fingerprint density at radius 3 is 2.65 bits per heavy atom. The first-order chi connectivity index (χ1) is 14.7. The first-order valence-electron chi connectivity index (χ1n) is 9.86. The minimum Gasteiger partial charge on any atom is -0.475 e. The summed E-state index contributed by atoms with van der Waals surface area (Å²) < 4.78 is 37.4. The van der Waals surface area contributed by atoms with Crippen molar-refractivity contribution in [3.8, 4) is 0 Å². The molecular weight excluding hydrogens is 417 g/mol. The predicted molar refractivity (Wildman–Crippen MR) is 106 cm³/mol. The fourth-order valence-corrected chi connectivity index (χ4v) is 4.11. The van der Waals surface area contributed by atoms with Crippen LogP contribution in [0.4, 0.5) is 13.2 Å². The van der Waals surface area contributed by atoms with Crippen LogP contribution < -0.4 is 10.9 Å². The lowest BCUT2D eigenvalue weighted by atomic mass is 9.74. The second-order valence-electron chi connectivity index (χ2n) is 7.77. The van der Waals surface area contributed by atoms with Crippen molar-refractivity contribution in [2.75, 3.05) is 19.6 Å². The van der Waals surface area contributed by atoms with Crippen LogP contribution in [0.25, 0.3) is 22.1 Å². The van der Waals surface area contributed by atoms with Crippen LogP contribution >= 0.6 is 0 Å². The molecule has 2 aromatic heterocycles. The second-order valence-corrected chi connectivity index (χ2v) is 7.77. The summed E-state index contributed by atoms with van der Waals surface area (Å²) in [6, 6.07) is 7.67. The number of hydrogen-bond acceptors (Lipinski definition) is 6. The Bertz CT molecular complexity index is 1170. The Kier molecular flexibility index (Phi) is 5.48. The molecule has 3 N–H and O–H groups in total. The molecule has 0 radical (unpaired) electrons. The number of fused-ring (bicyclic) bond motifs is 3.